The molecule has 1 heterocycles. The van der Waals surface area contributed by atoms with Crippen molar-refractivity contribution in [3.05, 3.63) is 0 Å². The molecule has 0 saturated carbocycles. The summed E-state index contributed by atoms with van der Waals surface area (Å²) in [7, 11) is 0. The maximum absolute atomic E-state index is 11.4. The van der Waals surface area contributed by atoms with Gasteiger partial charge >= 0.3 is 0 Å². The maximum Gasteiger partial charge on any atom is 0.234 e. The Morgan fingerprint density at radius 2 is 2.20 bits per heavy atom. The Morgan fingerprint density at radius 1 is 1.40 bits per heavy atom. The lowest BCUT2D eigenvalue weighted by Crippen LogP contribution is -2.48. The van der Waals surface area contributed by atoms with Gasteiger partial charge in [0.15, 0.2) is 0 Å². The van der Waals surface area contributed by atoms with Crippen LogP contribution in [0.3, 0.4) is 0 Å². The van der Waals surface area contributed by atoms with Gasteiger partial charge in [-0.2, -0.15) is 0 Å². The van der Waals surface area contributed by atoms with Gasteiger partial charge in [0.05, 0.1) is 6.54 Å². The molecule has 0 aromatic carbocycles. The minimum Gasteiger partial charge on any atom is -0.355 e. The summed E-state index contributed by atoms with van der Waals surface area (Å²) in [6, 6.07) is 0.568. The molecule has 1 fully saturated rings. The first kappa shape index (κ1) is 12.5. The fourth-order valence-corrected chi connectivity index (χ4v) is 2.11. The summed E-state index contributed by atoms with van der Waals surface area (Å²) in [5, 5.41) is 6.28. The summed E-state index contributed by atoms with van der Waals surface area (Å²) in [5.74, 6) is 0.148. The lowest BCUT2D eigenvalue weighted by molar-refractivity contribution is -0.122. The number of nitrogens with one attached hydrogen (secondary N) is 2. The molecule has 0 bridgehead atoms. The molecule has 1 rings (SSSR count). The molecule has 88 valence electrons. The quantitative estimate of drug-likeness (QED) is 0.685. The molecule has 1 aliphatic rings. The number of carbonyl (C=O) groups is 1. The van der Waals surface area contributed by atoms with Crippen LogP contribution in [-0.4, -0.2) is 49.6 Å². The van der Waals surface area contributed by atoms with Crippen LogP contribution in [0.15, 0.2) is 0 Å². The first-order chi connectivity index (χ1) is 7.26. The molecule has 0 aromatic heterocycles. The Kier molecular flexibility index (Phi) is 5.65. The van der Waals surface area contributed by atoms with E-state index in [1.54, 1.807) is 0 Å². The van der Waals surface area contributed by atoms with Crippen molar-refractivity contribution < 1.29 is 4.79 Å². The fraction of sp³-hybridized carbons (Fsp3) is 0.909. The van der Waals surface area contributed by atoms with Gasteiger partial charge in [0.25, 0.3) is 0 Å². The third-order valence-corrected chi connectivity index (χ3v) is 2.74. The first-order valence-corrected chi connectivity index (χ1v) is 5.98. The van der Waals surface area contributed by atoms with Gasteiger partial charge in [0.1, 0.15) is 0 Å². The highest BCUT2D eigenvalue weighted by Crippen LogP contribution is 2.09. The smallest absolute Gasteiger partial charge is 0.234 e. The second kappa shape index (κ2) is 6.80. The Morgan fingerprint density at radius 3 is 2.87 bits per heavy atom. The van der Waals surface area contributed by atoms with E-state index in [0.717, 1.165) is 26.2 Å². The van der Waals surface area contributed by atoms with E-state index in [1.807, 2.05) is 6.92 Å². The van der Waals surface area contributed by atoms with Crippen LogP contribution in [0.5, 0.6) is 0 Å². The molecule has 15 heavy (non-hydrogen) atoms. The summed E-state index contributed by atoms with van der Waals surface area (Å²) in [6.45, 7) is 8.43. The van der Waals surface area contributed by atoms with Crippen LogP contribution in [0.1, 0.15) is 26.7 Å². The molecular formula is C11H23N3O. The van der Waals surface area contributed by atoms with Gasteiger partial charge in [-0.05, 0) is 32.9 Å². The molecular weight excluding hydrogens is 190 g/mol. The lowest BCUT2D eigenvalue weighted by Gasteiger charge is -2.32. The standard InChI is InChI=1S/C11H23N3O/c1-3-12-10-6-5-7-14(8-10)9-11(15)13-4-2/h10,12H,3-9H2,1-2H3,(H,13,15). The number of likely N-dealkylation sites (tertiary alicyclic amines) is 1. The molecule has 1 aliphatic heterocycles. The Hall–Kier alpha value is -0.610. The number of hydrogen-bond donors (Lipinski definition) is 2. The average molecular weight is 213 g/mol. The number of rotatable bonds is 5. The first-order valence-electron chi connectivity index (χ1n) is 5.98. The van der Waals surface area contributed by atoms with Crippen molar-refractivity contribution in [2.75, 3.05) is 32.7 Å². The van der Waals surface area contributed by atoms with E-state index < -0.39 is 0 Å². The van der Waals surface area contributed by atoms with Crippen molar-refractivity contribution in [3.8, 4) is 0 Å². The van der Waals surface area contributed by atoms with E-state index >= 15 is 0 Å². The van der Waals surface area contributed by atoms with Gasteiger partial charge in [-0.3, -0.25) is 9.69 Å². The highest BCUT2D eigenvalue weighted by molar-refractivity contribution is 5.77. The third kappa shape index (κ3) is 4.62. The summed E-state index contributed by atoms with van der Waals surface area (Å²) in [6.07, 6.45) is 2.43. The molecule has 4 heteroatoms. The molecule has 1 unspecified atom stereocenters. The summed E-state index contributed by atoms with van der Waals surface area (Å²) >= 11 is 0. The predicted molar refractivity (Wildman–Crippen MR) is 61.8 cm³/mol. The zero-order valence-electron chi connectivity index (χ0n) is 9.88. The second-order valence-corrected chi connectivity index (χ2v) is 4.09. The maximum atomic E-state index is 11.4. The second-order valence-electron chi connectivity index (χ2n) is 4.09. The SMILES string of the molecule is CCNC(=O)CN1CCCC(NCC)C1. The zero-order valence-corrected chi connectivity index (χ0v) is 9.88. The Balaban J connectivity index is 2.26. The summed E-state index contributed by atoms with van der Waals surface area (Å²) < 4.78 is 0. The van der Waals surface area contributed by atoms with E-state index in [0.29, 0.717) is 12.6 Å². The van der Waals surface area contributed by atoms with Gasteiger partial charge in [-0.1, -0.05) is 6.92 Å². The van der Waals surface area contributed by atoms with Crippen molar-refractivity contribution >= 4 is 5.91 Å². The number of piperidine rings is 1. The van der Waals surface area contributed by atoms with E-state index in [1.165, 1.54) is 12.8 Å². The third-order valence-electron chi connectivity index (χ3n) is 2.74. The number of hydrogen-bond acceptors (Lipinski definition) is 3. The zero-order chi connectivity index (χ0) is 11.1. The molecule has 2 N–H and O–H groups in total. The summed E-state index contributed by atoms with van der Waals surface area (Å²) in [4.78, 5) is 13.6. The van der Waals surface area contributed by atoms with Gasteiger partial charge < -0.3 is 10.6 Å². The fourth-order valence-electron chi connectivity index (χ4n) is 2.11. The lowest BCUT2D eigenvalue weighted by atomic mass is 10.1. The van der Waals surface area contributed by atoms with Crippen LogP contribution in [0.2, 0.25) is 0 Å². The van der Waals surface area contributed by atoms with E-state index in [9.17, 15) is 4.79 Å². The predicted octanol–water partition coefficient (Wildman–Crippen LogP) is 0.196. The molecule has 0 aromatic rings. The van der Waals surface area contributed by atoms with Crippen LogP contribution in [-0.2, 0) is 4.79 Å². The molecule has 0 aliphatic carbocycles. The molecule has 1 amide bonds. The van der Waals surface area contributed by atoms with Crippen molar-refractivity contribution in [3.63, 3.8) is 0 Å². The van der Waals surface area contributed by atoms with Crippen LogP contribution < -0.4 is 10.6 Å². The van der Waals surface area contributed by atoms with Crippen molar-refractivity contribution in [2.24, 2.45) is 0 Å². The molecule has 0 spiro atoms. The number of amides is 1. The van der Waals surface area contributed by atoms with E-state index in [-0.39, 0.29) is 5.91 Å². The largest absolute Gasteiger partial charge is 0.355 e. The minimum absolute atomic E-state index is 0.148. The van der Waals surface area contributed by atoms with E-state index in [4.69, 9.17) is 0 Å². The van der Waals surface area contributed by atoms with Crippen molar-refractivity contribution in [1.82, 2.24) is 15.5 Å². The van der Waals surface area contributed by atoms with Gasteiger partial charge in [0.2, 0.25) is 5.91 Å². The van der Waals surface area contributed by atoms with Crippen LogP contribution >= 0.6 is 0 Å². The monoisotopic (exact) mass is 213 g/mol. The topological polar surface area (TPSA) is 44.4 Å². The molecule has 1 atom stereocenters. The number of carbonyl (C=O) groups excluding carboxylic acids is 1. The molecule has 4 nitrogen and oxygen atoms in total. The van der Waals surface area contributed by atoms with Crippen molar-refractivity contribution in [1.29, 1.82) is 0 Å². The minimum atomic E-state index is 0.148. The highest BCUT2D eigenvalue weighted by Gasteiger charge is 2.20. The van der Waals surface area contributed by atoms with Crippen LogP contribution in [0, 0.1) is 0 Å². The highest BCUT2D eigenvalue weighted by atomic mass is 16.2. The van der Waals surface area contributed by atoms with Crippen LogP contribution in [0.4, 0.5) is 0 Å². The van der Waals surface area contributed by atoms with Gasteiger partial charge in [0, 0.05) is 19.1 Å². The Labute approximate surface area is 92.4 Å². The van der Waals surface area contributed by atoms with Crippen molar-refractivity contribution in [2.45, 2.75) is 32.7 Å². The number of nitrogens with zero attached hydrogens (tertiary/aromatic N) is 1. The molecule has 0 radical (unpaired) electrons. The van der Waals surface area contributed by atoms with E-state index in [2.05, 4.69) is 22.5 Å². The van der Waals surface area contributed by atoms with Gasteiger partial charge in [-0.15, -0.1) is 0 Å². The Bertz CT molecular complexity index is 194. The van der Waals surface area contributed by atoms with Crippen LogP contribution in [0.25, 0.3) is 0 Å². The normalized spacial score (nSPS) is 22.7. The number of likely N-dealkylation sites (N-methyl/N-ethyl adjacent to an activating group) is 2. The summed E-state index contributed by atoms with van der Waals surface area (Å²) in [5.41, 5.74) is 0. The average Bonchev–Trinajstić information content (AvgIpc) is 2.19. The van der Waals surface area contributed by atoms with Gasteiger partial charge in [-0.25, -0.2) is 0 Å². The molecule has 1 saturated heterocycles.